The van der Waals surface area contributed by atoms with Gasteiger partial charge in [-0.15, -0.1) is 0 Å². The fourth-order valence-corrected chi connectivity index (χ4v) is 20.1. The Hall–Kier alpha value is -6.52. The molecule has 0 bridgehead atoms. The Bertz CT molecular complexity index is 3220. The van der Waals surface area contributed by atoms with Gasteiger partial charge in [0.15, 0.2) is 0 Å². The van der Waals surface area contributed by atoms with Gasteiger partial charge in [0, 0.05) is 28.4 Å². The highest BCUT2D eigenvalue weighted by Crippen LogP contribution is 2.78. The lowest BCUT2D eigenvalue weighted by atomic mass is 10.1. The van der Waals surface area contributed by atoms with Gasteiger partial charge in [0.1, 0.15) is 0 Å². The van der Waals surface area contributed by atoms with E-state index in [2.05, 4.69) is 220 Å². The van der Waals surface area contributed by atoms with Crippen LogP contribution in [0.3, 0.4) is 0 Å². The van der Waals surface area contributed by atoms with Gasteiger partial charge in [-0.2, -0.15) is 13.5 Å². The smallest absolute Gasteiger partial charge is 0.268 e. The molecule has 10 aromatic carbocycles. The number of hydrogen-bond donors (Lipinski definition) is 5. The predicted octanol–water partition coefficient (Wildman–Crippen LogP) is 17.4. The van der Waals surface area contributed by atoms with Crippen LogP contribution in [0.1, 0.15) is 0 Å². The lowest BCUT2D eigenvalue weighted by Crippen LogP contribution is -2.13. The summed E-state index contributed by atoms with van der Waals surface area (Å²) in [5.41, 5.74) is 4.21. The highest BCUT2D eigenvalue weighted by Gasteiger charge is 2.38. The highest BCUT2D eigenvalue weighted by atomic mass is 35.7. The largest absolute Gasteiger partial charge is 0.323 e. The molecule has 0 fully saturated rings. The minimum absolute atomic E-state index is 0.811. The molecule has 11 rings (SSSR count). The van der Waals surface area contributed by atoms with Crippen molar-refractivity contribution < 1.29 is 0 Å². The van der Waals surface area contributed by atoms with Crippen LogP contribution in [0.25, 0.3) is 53.9 Å². The second kappa shape index (κ2) is 15.7. The predicted molar refractivity (Wildman–Crippen MR) is 272 cm³/mol. The number of benzene rings is 10. The van der Waals surface area contributed by atoms with Crippen LogP contribution in [-0.2, 0) is 0 Å². The Balaban J connectivity index is 1.17. The molecule has 0 saturated carbocycles. The quantitative estimate of drug-likeness (QED) is 0.0882. The Morgan fingerprint density at radius 1 is 0.258 bits per heavy atom. The molecule has 0 spiro atoms. The number of anilines is 5. The van der Waals surface area contributed by atoms with Crippen molar-refractivity contribution in [3.63, 3.8) is 0 Å². The Kier molecular flexibility index (Phi) is 9.75. The summed E-state index contributed by atoms with van der Waals surface area (Å²) in [6.07, 6.45) is 0. The normalized spacial score (nSPS) is 16.5. The molecular weight excluding hydrogens is 841 g/mol. The van der Waals surface area contributed by atoms with Crippen LogP contribution in [0.4, 0.5) is 28.4 Å². The van der Waals surface area contributed by atoms with Crippen LogP contribution >= 0.6 is 33.0 Å². The Labute approximate surface area is 364 Å². The van der Waals surface area contributed by atoms with Crippen molar-refractivity contribution >= 4 is 115 Å². The number of halogens is 1. The first-order valence-corrected chi connectivity index (χ1v) is 26.3. The van der Waals surface area contributed by atoms with Crippen molar-refractivity contribution in [1.82, 2.24) is 0 Å². The summed E-state index contributed by atoms with van der Waals surface area (Å²) in [4.78, 5) is 0. The van der Waals surface area contributed by atoms with Crippen LogP contribution < -0.4 is 25.4 Å². The molecule has 0 aromatic heterocycles. The van der Waals surface area contributed by atoms with Crippen molar-refractivity contribution in [3.05, 3.63) is 212 Å². The van der Waals surface area contributed by atoms with E-state index < -0.39 is 21.7 Å². The average molecular weight is 881 g/mol. The molecule has 0 amide bonds. The van der Waals surface area contributed by atoms with E-state index in [0.717, 1.165) is 82.3 Å². The van der Waals surface area contributed by atoms with Gasteiger partial charge < -0.3 is 25.4 Å². The molecular formula is C50H40ClN8P3. The first-order chi connectivity index (χ1) is 30.3. The van der Waals surface area contributed by atoms with Crippen LogP contribution in [0.15, 0.2) is 226 Å². The van der Waals surface area contributed by atoms with Gasteiger partial charge in [-0.05, 0) is 126 Å². The lowest BCUT2D eigenvalue weighted by molar-refractivity contribution is 1.53. The van der Waals surface area contributed by atoms with Crippen molar-refractivity contribution in [2.75, 3.05) is 25.4 Å². The number of nitrogens with zero attached hydrogens (tertiary/aromatic N) is 3. The molecule has 5 N–H and O–H groups in total. The van der Waals surface area contributed by atoms with Gasteiger partial charge in [-0.25, -0.2) is 0 Å². The molecule has 0 aliphatic carbocycles. The van der Waals surface area contributed by atoms with E-state index in [1.54, 1.807) is 0 Å². The summed E-state index contributed by atoms with van der Waals surface area (Å²) in [7, 11) is -6.71. The lowest BCUT2D eigenvalue weighted by Gasteiger charge is -2.36. The second-order valence-electron chi connectivity index (χ2n) is 15.4. The first kappa shape index (κ1) is 38.4. The fraction of sp³-hybridized carbons (Fsp3) is 0. The van der Waals surface area contributed by atoms with E-state index in [1.807, 2.05) is 18.2 Å². The molecule has 62 heavy (non-hydrogen) atoms. The second-order valence-corrected chi connectivity index (χ2v) is 23.5. The summed E-state index contributed by atoms with van der Waals surface area (Å²) >= 11 is 8.08. The molecule has 1 atom stereocenters. The van der Waals surface area contributed by atoms with Gasteiger partial charge in [-0.3, -0.25) is 0 Å². The van der Waals surface area contributed by atoms with Gasteiger partial charge in [0.2, 0.25) is 0 Å². The monoisotopic (exact) mass is 880 g/mol. The zero-order valence-corrected chi connectivity index (χ0v) is 36.7. The number of rotatable bonds is 10. The summed E-state index contributed by atoms with van der Waals surface area (Å²) < 4.78 is 17.1. The molecule has 8 nitrogen and oxygen atoms in total. The van der Waals surface area contributed by atoms with Crippen molar-refractivity contribution in [2.45, 2.75) is 0 Å². The molecule has 302 valence electrons. The van der Waals surface area contributed by atoms with Crippen LogP contribution in [0, 0.1) is 0 Å². The highest BCUT2D eigenvalue weighted by molar-refractivity contribution is 8.00. The molecule has 0 saturated heterocycles. The molecule has 0 radical (unpaired) electrons. The van der Waals surface area contributed by atoms with E-state index in [9.17, 15) is 0 Å². The first-order valence-electron chi connectivity index (χ1n) is 20.3. The van der Waals surface area contributed by atoms with Crippen LogP contribution in [0.5, 0.6) is 0 Å². The maximum absolute atomic E-state index is 8.08. The van der Waals surface area contributed by atoms with E-state index >= 15 is 0 Å². The third kappa shape index (κ3) is 7.91. The number of fused-ring (bicyclic) bond motifs is 5. The fourth-order valence-electron chi connectivity index (χ4n) is 8.04. The molecule has 12 heteroatoms. The maximum atomic E-state index is 8.08. The van der Waals surface area contributed by atoms with Crippen LogP contribution in [-0.4, -0.2) is 0 Å². The molecule has 1 unspecified atom stereocenters. The van der Waals surface area contributed by atoms with Crippen molar-refractivity contribution in [1.29, 1.82) is 0 Å². The van der Waals surface area contributed by atoms with Gasteiger partial charge >= 0.3 is 0 Å². The number of hydrogen-bond acceptors (Lipinski definition) is 8. The SMILES string of the molecule is ClP1(Nc2ccc3ccccc3c2)=NP(Nc2ccc3ccccc3c2)(Nc2ccc3ccccc3c2)=NP(Nc2ccc3ccccc3c2)(Nc2ccc3ccccc3c2)=N1. The third-order valence-electron chi connectivity index (χ3n) is 10.9. The zero-order chi connectivity index (χ0) is 41.6. The van der Waals surface area contributed by atoms with E-state index in [4.69, 9.17) is 24.8 Å². The van der Waals surface area contributed by atoms with Crippen molar-refractivity contribution in [3.8, 4) is 0 Å². The molecule has 1 heterocycles. The summed E-state index contributed by atoms with van der Waals surface area (Å²) in [5.74, 6) is 0. The van der Waals surface area contributed by atoms with E-state index in [-0.39, 0.29) is 0 Å². The summed E-state index contributed by atoms with van der Waals surface area (Å²) in [5, 5.41) is 30.4. The van der Waals surface area contributed by atoms with E-state index in [0.29, 0.717) is 0 Å². The topological polar surface area (TPSA) is 97.2 Å². The molecule has 1 aliphatic rings. The number of nitrogens with one attached hydrogen (secondary N) is 5. The maximum Gasteiger partial charge on any atom is 0.268 e. The molecule has 10 aromatic rings. The third-order valence-corrected chi connectivity index (χ3v) is 21.2. The summed E-state index contributed by atoms with van der Waals surface area (Å²) in [6, 6.07) is 73.3. The molecule has 1 aliphatic heterocycles. The minimum atomic E-state index is -3.42. The average Bonchev–Trinajstić information content (AvgIpc) is 3.28. The summed E-state index contributed by atoms with van der Waals surface area (Å²) in [6.45, 7) is -3.42. The van der Waals surface area contributed by atoms with Gasteiger partial charge in [0.05, 0.1) is 0 Å². The van der Waals surface area contributed by atoms with Gasteiger partial charge in [-0.1, -0.05) is 152 Å². The van der Waals surface area contributed by atoms with Crippen molar-refractivity contribution in [2.24, 2.45) is 13.5 Å². The Morgan fingerprint density at radius 2 is 0.500 bits per heavy atom. The standard InChI is InChI=1S/C50H40ClN8P3/c51-60(52-46-26-21-36-11-1-6-16-41(36)31-46)57-61(53-47-27-22-37-12-2-7-17-42(37)32-47,54-48-28-23-38-13-3-8-18-43(38)33-48)59-62(58-60,55-49-29-24-39-14-4-9-19-44(39)34-49)56-50-30-25-40-15-5-10-20-45(40)35-50/h1-35,52-56H. The van der Waals surface area contributed by atoms with Crippen LogP contribution in [0.2, 0.25) is 0 Å². The Morgan fingerprint density at radius 3 is 0.790 bits per heavy atom. The van der Waals surface area contributed by atoms with E-state index in [1.165, 1.54) is 0 Å². The minimum Gasteiger partial charge on any atom is -0.323 e. The zero-order valence-electron chi connectivity index (χ0n) is 33.3. The van der Waals surface area contributed by atoms with Gasteiger partial charge in [0.25, 0.3) is 21.7 Å².